The molecule has 12 heavy (non-hydrogen) atoms. The van der Waals surface area contributed by atoms with Crippen molar-refractivity contribution in [2.24, 2.45) is 0 Å². The normalized spacial score (nSPS) is 9.42. The molecule has 1 aromatic rings. The minimum absolute atomic E-state index is 0.0977. The molecule has 0 bridgehead atoms. The first-order valence-corrected chi connectivity index (χ1v) is 3.46. The predicted octanol–water partition coefficient (Wildman–Crippen LogP) is 1.49. The van der Waals surface area contributed by atoms with Crippen LogP contribution in [0.1, 0.15) is 11.3 Å². The van der Waals surface area contributed by atoms with Crippen LogP contribution in [-0.2, 0) is 4.79 Å². The van der Waals surface area contributed by atoms with Gasteiger partial charge in [-0.1, -0.05) is 6.58 Å². The molecular formula is C9H9NO2. The third-order valence-corrected chi connectivity index (χ3v) is 1.50. The van der Waals surface area contributed by atoms with Crippen LogP contribution in [0.2, 0.25) is 0 Å². The summed E-state index contributed by atoms with van der Waals surface area (Å²) in [4.78, 5) is 14.4. The number of carboxylic acids is 1. The Kier molecular flexibility index (Phi) is 2.24. The number of carbonyl (C=O) groups is 1. The molecule has 0 fully saturated rings. The average molecular weight is 163 g/mol. The molecule has 0 aromatic carbocycles. The van der Waals surface area contributed by atoms with Gasteiger partial charge in [0, 0.05) is 11.9 Å². The molecule has 1 aromatic heterocycles. The lowest BCUT2D eigenvalue weighted by atomic mass is 10.1. The van der Waals surface area contributed by atoms with Crippen molar-refractivity contribution >= 4 is 11.5 Å². The van der Waals surface area contributed by atoms with E-state index in [-0.39, 0.29) is 5.57 Å². The fourth-order valence-electron chi connectivity index (χ4n) is 0.857. The topological polar surface area (TPSA) is 50.2 Å². The van der Waals surface area contributed by atoms with Crippen molar-refractivity contribution in [1.82, 2.24) is 4.98 Å². The molecule has 3 nitrogen and oxygen atoms in total. The van der Waals surface area contributed by atoms with E-state index >= 15 is 0 Å². The Morgan fingerprint density at radius 3 is 2.83 bits per heavy atom. The number of pyridine rings is 1. The van der Waals surface area contributed by atoms with Crippen molar-refractivity contribution in [2.75, 3.05) is 0 Å². The van der Waals surface area contributed by atoms with Crippen LogP contribution in [0, 0.1) is 6.92 Å². The first kappa shape index (κ1) is 8.46. The van der Waals surface area contributed by atoms with E-state index < -0.39 is 5.97 Å². The van der Waals surface area contributed by atoms with E-state index in [1.165, 1.54) is 0 Å². The first-order chi connectivity index (χ1) is 5.61. The molecule has 62 valence electrons. The zero-order valence-corrected chi connectivity index (χ0v) is 6.74. The molecule has 1 N–H and O–H groups in total. The van der Waals surface area contributed by atoms with Gasteiger partial charge in [0.25, 0.3) is 0 Å². The van der Waals surface area contributed by atoms with Gasteiger partial charge in [0.1, 0.15) is 0 Å². The summed E-state index contributed by atoms with van der Waals surface area (Å²) in [7, 11) is 0. The SMILES string of the molecule is C=C(C(=O)O)c1ccnc(C)c1. The van der Waals surface area contributed by atoms with Gasteiger partial charge in [0.15, 0.2) is 0 Å². The maximum atomic E-state index is 10.5. The van der Waals surface area contributed by atoms with E-state index in [9.17, 15) is 4.79 Å². The average Bonchev–Trinajstić information content (AvgIpc) is 2.03. The van der Waals surface area contributed by atoms with Crippen LogP contribution < -0.4 is 0 Å². The van der Waals surface area contributed by atoms with E-state index in [0.717, 1.165) is 5.69 Å². The molecule has 0 unspecified atom stereocenters. The molecular weight excluding hydrogens is 154 g/mol. The van der Waals surface area contributed by atoms with Gasteiger partial charge in [-0.05, 0) is 24.6 Å². The number of aliphatic carboxylic acids is 1. The van der Waals surface area contributed by atoms with Gasteiger partial charge in [0.05, 0.1) is 5.57 Å². The molecule has 0 saturated carbocycles. The second kappa shape index (κ2) is 3.17. The minimum Gasteiger partial charge on any atom is -0.478 e. The van der Waals surface area contributed by atoms with Crippen molar-refractivity contribution in [2.45, 2.75) is 6.92 Å². The predicted molar refractivity (Wildman–Crippen MR) is 45.6 cm³/mol. The molecule has 0 spiro atoms. The molecule has 0 amide bonds. The molecule has 0 aliphatic heterocycles. The van der Waals surface area contributed by atoms with Crippen molar-refractivity contribution in [3.63, 3.8) is 0 Å². The number of hydrogen-bond donors (Lipinski definition) is 1. The molecule has 1 heterocycles. The molecule has 1 rings (SSSR count). The Morgan fingerprint density at radius 1 is 1.67 bits per heavy atom. The van der Waals surface area contributed by atoms with Crippen LogP contribution in [0.4, 0.5) is 0 Å². The maximum Gasteiger partial charge on any atom is 0.335 e. The smallest absolute Gasteiger partial charge is 0.335 e. The number of nitrogens with zero attached hydrogens (tertiary/aromatic N) is 1. The van der Waals surface area contributed by atoms with Crippen molar-refractivity contribution in [3.8, 4) is 0 Å². The van der Waals surface area contributed by atoms with Crippen molar-refractivity contribution < 1.29 is 9.90 Å². The van der Waals surface area contributed by atoms with Gasteiger partial charge in [0.2, 0.25) is 0 Å². The summed E-state index contributed by atoms with van der Waals surface area (Å²) in [5.41, 5.74) is 1.49. The maximum absolute atomic E-state index is 10.5. The zero-order chi connectivity index (χ0) is 9.14. The molecule has 0 atom stereocenters. The Hall–Kier alpha value is -1.64. The second-order valence-corrected chi connectivity index (χ2v) is 2.47. The van der Waals surface area contributed by atoms with Gasteiger partial charge in [-0.25, -0.2) is 4.79 Å². The molecule has 3 heteroatoms. The highest BCUT2D eigenvalue weighted by atomic mass is 16.4. The highest BCUT2D eigenvalue weighted by molar-refractivity contribution is 6.14. The number of aryl methyl sites for hydroxylation is 1. The second-order valence-electron chi connectivity index (χ2n) is 2.47. The fourth-order valence-corrected chi connectivity index (χ4v) is 0.857. The van der Waals surface area contributed by atoms with Crippen molar-refractivity contribution in [1.29, 1.82) is 0 Å². The van der Waals surface area contributed by atoms with Crippen molar-refractivity contribution in [3.05, 3.63) is 36.2 Å². The third-order valence-electron chi connectivity index (χ3n) is 1.50. The largest absolute Gasteiger partial charge is 0.478 e. The summed E-state index contributed by atoms with van der Waals surface area (Å²) in [5, 5.41) is 8.61. The highest BCUT2D eigenvalue weighted by Crippen LogP contribution is 2.11. The van der Waals surface area contributed by atoms with Crippen LogP contribution in [0.15, 0.2) is 24.9 Å². The van der Waals surface area contributed by atoms with E-state index in [1.807, 2.05) is 0 Å². The first-order valence-electron chi connectivity index (χ1n) is 3.46. The lowest BCUT2D eigenvalue weighted by Gasteiger charge is -1.99. The Morgan fingerprint density at radius 2 is 2.33 bits per heavy atom. The summed E-state index contributed by atoms with van der Waals surface area (Å²) < 4.78 is 0. The number of rotatable bonds is 2. The minimum atomic E-state index is -0.999. The summed E-state index contributed by atoms with van der Waals surface area (Å²) in [5.74, 6) is -0.999. The monoisotopic (exact) mass is 163 g/mol. The number of aromatic nitrogens is 1. The lowest BCUT2D eigenvalue weighted by Crippen LogP contribution is -1.98. The summed E-state index contributed by atoms with van der Waals surface area (Å²) in [6.07, 6.45) is 1.57. The van der Waals surface area contributed by atoms with E-state index in [0.29, 0.717) is 5.56 Å². The lowest BCUT2D eigenvalue weighted by molar-refractivity contribution is -0.130. The molecule has 0 radical (unpaired) electrons. The van der Waals surface area contributed by atoms with Gasteiger partial charge in [-0.2, -0.15) is 0 Å². The van der Waals surface area contributed by atoms with Crippen LogP contribution in [-0.4, -0.2) is 16.1 Å². The van der Waals surface area contributed by atoms with Crippen LogP contribution in [0.3, 0.4) is 0 Å². The molecule has 0 aliphatic carbocycles. The van der Waals surface area contributed by atoms with E-state index in [1.54, 1.807) is 25.3 Å². The summed E-state index contributed by atoms with van der Waals surface area (Å²) in [6.45, 7) is 5.24. The van der Waals surface area contributed by atoms with E-state index in [2.05, 4.69) is 11.6 Å². The number of carboxylic acid groups (broad SMARTS) is 1. The quantitative estimate of drug-likeness (QED) is 0.672. The molecule has 0 aliphatic rings. The van der Waals surface area contributed by atoms with Gasteiger partial charge in [-0.3, -0.25) is 4.98 Å². The van der Waals surface area contributed by atoms with Crippen LogP contribution in [0.25, 0.3) is 5.57 Å². The Bertz CT molecular complexity index is 331. The third kappa shape index (κ3) is 1.69. The van der Waals surface area contributed by atoms with Crippen LogP contribution in [0.5, 0.6) is 0 Å². The van der Waals surface area contributed by atoms with Gasteiger partial charge < -0.3 is 5.11 Å². The zero-order valence-electron chi connectivity index (χ0n) is 6.74. The number of hydrogen-bond acceptors (Lipinski definition) is 2. The van der Waals surface area contributed by atoms with Crippen LogP contribution >= 0.6 is 0 Å². The fraction of sp³-hybridized carbons (Fsp3) is 0.111. The summed E-state index contributed by atoms with van der Waals surface area (Å²) in [6, 6.07) is 3.32. The Balaban J connectivity index is 3.04. The standard InChI is InChI=1S/C9H9NO2/c1-6-5-8(3-4-10-6)7(2)9(11)12/h3-5H,2H2,1H3,(H,11,12). The highest BCUT2D eigenvalue weighted by Gasteiger charge is 2.06. The van der Waals surface area contributed by atoms with Gasteiger partial charge in [-0.15, -0.1) is 0 Å². The molecule has 0 saturated heterocycles. The Labute approximate surface area is 70.4 Å². The summed E-state index contributed by atoms with van der Waals surface area (Å²) >= 11 is 0. The van der Waals surface area contributed by atoms with E-state index in [4.69, 9.17) is 5.11 Å². The van der Waals surface area contributed by atoms with Gasteiger partial charge >= 0.3 is 5.97 Å².